The summed E-state index contributed by atoms with van der Waals surface area (Å²) in [6, 6.07) is 22.4. The zero-order valence-electron chi connectivity index (χ0n) is 20.7. The predicted molar refractivity (Wildman–Crippen MR) is 146 cm³/mol. The van der Waals surface area contributed by atoms with Crippen LogP contribution in [0.1, 0.15) is 44.1 Å². The fourth-order valence-corrected chi connectivity index (χ4v) is 4.25. The normalized spacial score (nSPS) is 11.5. The van der Waals surface area contributed by atoms with Crippen molar-refractivity contribution >= 4 is 5.70 Å². The van der Waals surface area contributed by atoms with Crippen LogP contribution in [-0.2, 0) is 6.54 Å². The van der Waals surface area contributed by atoms with E-state index in [1.807, 2.05) is 71.8 Å². The summed E-state index contributed by atoms with van der Waals surface area (Å²) < 4.78 is 1.92. The highest BCUT2D eigenvalue weighted by molar-refractivity contribution is 5.79. The fourth-order valence-electron chi connectivity index (χ4n) is 4.25. The molecule has 7 nitrogen and oxygen atoms in total. The van der Waals surface area contributed by atoms with E-state index in [0.717, 1.165) is 60.3 Å². The van der Waals surface area contributed by atoms with Crippen LogP contribution in [-0.4, -0.2) is 31.5 Å². The molecule has 0 radical (unpaired) electrons. The topological polar surface area (TPSA) is 98.9 Å². The zero-order chi connectivity index (χ0) is 25.0. The highest BCUT2D eigenvalue weighted by Gasteiger charge is 2.08. The van der Waals surface area contributed by atoms with Gasteiger partial charge in [-0.2, -0.15) is 0 Å². The van der Waals surface area contributed by atoms with E-state index in [9.17, 15) is 0 Å². The molecule has 0 aliphatic heterocycles. The number of rotatable bonds is 13. The Bertz CT molecular complexity index is 1220. The number of unbranched alkanes of at least 4 members (excludes halogenated alkanes) is 5. The van der Waals surface area contributed by atoms with Gasteiger partial charge in [0.15, 0.2) is 0 Å². The van der Waals surface area contributed by atoms with Gasteiger partial charge in [0.2, 0.25) is 0 Å². The van der Waals surface area contributed by atoms with E-state index >= 15 is 0 Å². The monoisotopic (exact) mass is 481 g/mol. The summed E-state index contributed by atoms with van der Waals surface area (Å²) in [6.07, 6.45) is 14.3. The summed E-state index contributed by atoms with van der Waals surface area (Å²) >= 11 is 0. The Morgan fingerprint density at radius 3 is 2.36 bits per heavy atom. The van der Waals surface area contributed by atoms with Crippen molar-refractivity contribution in [2.45, 2.75) is 45.1 Å². The number of hydrogen-bond acceptors (Lipinski definition) is 6. The first-order valence-electron chi connectivity index (χ1n) is 12.6. The van der Waals surface area contributed by atoms with Crippen LogP contribution in [0.2, 0.25) is 0 Å². The number of aromatic nitrogens is 4. The van der Waals surface area contributed by atoms with E-state index in [2.05, 4.69) is 33.5 Å². The van der Waals surface area contributed by atoms with E-state index in [1.54, 1.807) is 11.2 Å². The lowest BCUT2D eigenvalue weighted by atomic mass is 9.98. The van der Waals surface area contributed by atoms with Crippen LogP contribution >= 0.6 is 0 Å². The zero-order valence-corrected chi connectivity index (χ0v) is 20.7. The molecule has 0 fully saturated rings. The quantitative estimate of drug-likeness (QED) is 0.149. The van der Waals surface area contributed by atoms with Gasteiger partial charge in [-0.25, -0.2) is 5.84 Å². The van der Waals surface area contributed by atoms with Crippen LogP contribution < -0.4 is 11.6 Å². The van der Waals surface area contributed by atoms with E-state index in [4.69, 9.17) is 11.6 Å². The van der Waals surface area contributed by atoms with Gasteiger partial charge in [-0.05, 0) is 36.1 Å². The Kier molecular flexibility index (Phi) is 9.22. The van der Waals surface area contributed by atoms with E-state index in [-0.39, 0.29) is 0 Å². The summed E-state index contributed by atoms with van der Waals surface area (Å²) in [4.78, 5) is 4.14. The largest absolute Gasteiger partial charge is 0.397 e. The molecule has 0 amide bonds. The van der Waals surface area contributed by atoms with Crippen LogP contribution in [0, 0.1) is 0 Å². The Morgan fingerprint density at radius 1 is 0.833 bits per heavy atom. The maximum absolute atomic E-state index is 6.43. The second-order valence-corrected chi connectivity index (χ2v) is 8.96. The lowest BCUT2D eigenvalue weighted by Gasteiger charge is -2.16. The average Bonchev–Trinajstić information content (AvgIpc) is 3.40. The molecule has 0 unspecified atom stereocenters. The second kappa shape index (κ2) is 13.2. The molecule has 4 aromatic rings. The van der Waals surface area contributed by atoms with Gasteiger partial charge in [0.1, 0.15) is 5.69 Å². The van der Waals surface area contributed by atoms with Crippen LogP contribution in [0.25, 0.3) is 28.1 Å². The molecule has 186 valence electrons. The SMILES string of the molecule is N/C(=C\N(N)CCCCCCCCn1cc(-c2cccnc2)nn1)c1ccccc1-c1ccccc1. The van der Waals surface area contributed by atoms with Crippen LogP contribution in [0.4, 0.5) is 0 Å². The number of hydrogen-bond donors (Lipinski definition) is 2. The average molecular weight is 482 g/mol. The van der Waals surface area contributed by atoms with Crippen molar-refractivity contribution in [3.8, 4) is 22.4 Å². The van der Waals surface area contributed by atoms with Crippen molar-refractivity contribution in [2.24, 2.45) is 11.6 Å². The molecule has 0 bridgehead atoms. The van der Waals surface area contributed by atoms with Crippen LogP contribution in [0.5, 0.6) is 0 Å². The Hall–Kier alpha value is -3.97. The summed E-state index contributed by atoms with van der Waals surface area (Å²) in [5.41, 5.74) is 12.2. The minimum atomic E-state index is 0.678. The molecule has 0 spiro atoms. The van der Waals surface area contributed by atoms with Gasteiger partial charge in [-0.3, -0.25) is 9.67 Å². The maximum Gasteiger partial charge on any atom is 0.114 e. The lowest BCUT2D eigenvalue weighted by Crippen LogP contribution is -2.27. The van der Waals surface area contributed by atoms with Gasteiger partial charge in [-0.1, -0.05) is 85.5 Å². The highest BCUT2D eigenvalue weighted by atomic mass is 15.4. The molecule has 0 aliphatic carbocycles. The third-order valence-corrected chi connectivity index (χ3v) is 6.18. The third kappa shape index (κ3) is 7.26. The lowest BCUT2D eigenvalue weighted by molar-refractivity contribution is 0.376. The molecular weight excluding hydrogens is 446 g/mol. The molecular formula is C29H35N7. The summed E-state index contributed by atoms with van der Waals surface area (Å²) in [6.45, 7) is 1.67. The number of benzene rings is 2. The first-order chi connectivity index (χ1) is 17.7. The number of aryl methyl sites for hydroxylation is 1. The Morgan fingerprint density at radius 2 is 1.56 bits per heavy atom. The fraction of sp³-hybridized carbons (Fsp3) is 0.276. The minimum Gasteiger partial charge on any atom is -0.397 e. The van der Waals surface area contributed by atoms with Gasteiger partial charge in [0.05, 0.1) is 11.9 Å². The first kappa shape index (κ1) is 25.1. The Balaban J connectivity index is 1.13. The molecule has 2 aromatic heterocycles. The van der Waals surface area contributed by atoms with Gasteiger partial charge < -0.3 is 10.7 Å². The first-order valence-corrected chi connectivity index (χ1v) is 12.6. The summed E-state index contributed by atoms with van der Waals surface area (Å²) in [5.74, 6) is 6.23. The summed E-state index contributed by atoms with van der Waals surface area (Å²) in [5, 5.41) is 10.2. The molecule has 2 heterocycles. The minimum absolute atomic E-state index is 0.678. The van der Waals surface area contributed by atoms with Gasteiger partial charge in [0, 0.05) is 42.8 Å². The molecule has 2 aromatic carbocycles. The molecule has 0 aliphatic rings. The highest BCUT2D eigenvalue weighted by Crippen LogP contribution is 2.26. The molecule has 4 rings (SSSR count). The van der Waals surface area contributed by atoms with Gasteiger partial charge in [0.25, 0.3) is 0 Å². The Labute approximate surface area is 213 Å². The second-order valence-electron chi connectivity index (χ2n) is 8.96. The molecule has 0 saturated carbocycles. The number of nitrogens with zero attached hydrogens (tertiary/aromatic N) is 5. The maximum atomic E-state index is 6.43. The van der Waals surface area contributed by atoms with Crippen molar-refractivity contribution in [1.82, 2.24) is 25.0 Å². The predicted octanol–water partition coefficient (Wildman–Crippen LogP) is 5.48. The van der Waals surface area contributed by atoms with Crippen LogP contribution in [0.3, 0.4) is 0 Å². The van der Waals surface area contributed by atoms with E-state index in [1.165, 1.54) is 19.3 Å². The number of pyridine rings is 1. The van der Waals surface area contributed by atoms with Crippen molar-refractivity contribution in [3.63, 3.8) is 0 Å². The number of nitrogens with two attached hydrogens (primary N) is 2. The molecule has 0 saturated heterocycles. The molecule has 7 heteroatoms. The number of hydrazine groups is 1. The van der Waals surface area contributed by atoms with Crippen molar-refractivity contribution in [1.29, 1.82) is 0 Å². The van der Waals surface area contributed by atoms with E-state index in [0.29, 0.717) is 5.70 Å². The standard InChI is InChI=1S/C29H35N7/c30-28(27-17-9-8-16-26(27)24-13-6-5-7-14-24)22-35(31)19-10-3-1-2-4-11-20-36-23-29(33-34-36)25-15-12-18-32-21-25/h5-9,12-18,21-23H,1-4,10-11,19-20,30-31H2/b28-22-. The van der Waals surface area contributed by atoms with Crippen molar-refractivity contribution in [2.75, 3.05) is 6.54 Å². The van der Waals surface area contributed by atoms with Crippen molar-refractivity contribution in [3.05, 3.63) is 97.1 Å². The van der Waals surface area contributed by atoms with Crippen molar-refractivity contribution < 1.29 is 0 Å². The smallest absolute Gasteiger partial charge is 0.114 e. The van der Waals surface area contributed by atoms with Gasteiger partial charge in [-0.15, -0.1) is 5.10 Å². The molecule has 0 atom stereocenters. The van der Waals surface area contributed by atoms with Gasteiger partial charge >= 0.3 is 0 Å². The third-order valence-electron chi connectivity index (χ3n) is 6.18. The van der Waals surface area contributed by atoms with E-state index < -0.39 is 0 Å². The molecule has 36 heavy (non-hydrogen) atoms. The molecule has 4 N–H and O–H groups in total. The summed E-state index contributed by atoms with van der Waals surface area (Å²) in [7, 11) is 0. The van der Waals surface area contributed by atoms with Crippen LogP contribution in [0.15, 0.2) is 91.5 Å².